The number of esters is 1. The topological polar surface area (TPSA) is 63.6 Å². The van der Waals surface area contributed by atoms with Crippen molar-refractivity contribution in [3.8, 4) is 5.75 Å². The predicted octanol–water partition coefficient (Wildman–Crippen LogP) is 4.11. The molecule has 1 N–H and O–H groups in total. The fourth-order valence-corrected chi connectivity index (χ4v) is 2.73. The lowest BCUT2D eigenvalue weighted by Gasteiger charge is -2.07. The van der Waals surface area contributed by atoms with Gasteiger partial charge < -0.3 is 9.84 Å². The zero-order chi connectivity index (χ0) is 15.4. The molecule has 2 rings (SSSR count). The maximum absolute atomic E-state index is 10.9. The highest BCUT2D eigenvalue weighted by molar-refractivity contribution is 7.99. The van der Waals surface area contributed by atoms with Crippen LogP contribution in [0.5, 0.6) is 5.75 Å². The van der Waals surface area contributed by atoms with Crippen LogP contribution in [0.1, 0.15) is 17.3 Å². The molecular formula is C15H11ClO4S. The molecule has 2 aromatic carbocycles. The first kappa shape index (κ1) is 15.4. The first-order valence-corrected chi connectivity index (χ1v) is 7.14. The van der Waals surface area contributed by atoms with Crippen molar-refractivity contribution in [3.63, 3.8) is 0 Å². The Labute approximate surface area is 130 Å². The molecule has 0 aromatic heterocycles. The van der Waals surface area contributed by atoms with E-state index in [1.54, 1.807) is 42.5 Å². The monoisotopic (exact) mass is 322 g/mol. The second-order valence-electron chi connectivity index (χ2n) is 4.12. The van der Waals surface area contributed by atoms with E-state index in [0.717, 1.165) is 9.79 Å². The summed E-state index contributed by atoms with van der Waals surface area (Å²) in [4.78, 5) is 23.4. The van der Waals surface area contributed by atoms with Crippen LogP contribution in [0.25, 0.3) is 0 Å². The molecular weight excluding hydrogens is 312 g/mol. The first-order chi connectivity index (χ1) is 9.95. The Morgan fingerprint density at radius 2 is 1.71 bits per heavy atom. The number of carboxylic acid groups (broad SMARTS) is 1. The van der Waals surface area contributed by atoms with E-state index < -0.39 is 11.9 Å². The van der Waals surface area contributed by atoms with Gasteiger partial charge >= 0.3 is 11.9 Å². The van der Waals surface area contributed by atoms with Crippen LogP contribution in [0.15, 0.2) is 52.3 Å². The van der Waals surface area contributed by atoms with Crippen molar-refractivity contribution in [3.05, 3.63) is 53.1 Å². The summed E-state index contributed by atoms with van der Waals surface area (Å²) in [5.74, 6) is -1.07. The normalized spacial score (nSPS) is 10.2. The van der Waals surface area contributed by atoms with Gasteiger partial charge in [-0.15, -0.1) is 0 Å². The molecule has 0 fully saturated rings. The standard InChI is InChI=1S/C15H11ClO4S/c1-9(17)20-14-7-6-12(8-13(14)16)21-11-4-2-10(3-5-11)15(18)19/h2-8H,1H3,(H,18,19). The summed E-state index contributed by atoms with van der Waals surface area (Å²) in [5.41, 5.74) is 0.239. The first-order valence-electron chi connectivity index (χ1n) is 5.95. The predicted molar refractivity (Wildman–Crippen MR) is 80.3 cm³/mol. The third-order valence-electron chi connectivity index (χ3n) is 2.49. The smallest absolute Gasteiger partial charge is 0.335 e. The number of aromatic carboxylic acids is 1. The lowest BCUT2D eigenvalue weighted by atomic mass is 10.2. The zero-order valence-corrected chi connectivity index (χ0v) is 12.6. The van der Waals surface area contributed by atoms with Gasteiger partial charge in [-0.25, -0.2) is 4.79 Å². The molecule has 0 heterocycles. The quantitative estimate of drug-likeness (QED) is 0.677. The molecule has 0 amide bonds. The molecule has 0 aliphatic heterocycles. The van der Waals surface area contributed by atoms with Gasteiger partial charge in [0.1, 0.15) is 5.75 Å². The van der Waals surface area contributed by atoms with Gasteiger partial charge in [-0.05, 0) is 42.5 Å². The maximum atomic E-state index is 10.9. The summed E-state index contributed by atoms with van der Waals surface area (Å²) >= 11 is 7.47. The highest BCUT2D eigenvalue weighted by Gasteiger charge is 2.07. The van der Waals surface area contributed by atoms with E-state index in [-0.39, 0.29) is 5.56 Å². The molecule has 21 heavy (non-hydrogen) atoms. The van der Waals surface area contributed by atoms with E-state index in [0.29, 0.717) is 10.8 Å². The third kappa shape index (κ3) is 4.24. The Hall–Kier alpha value is -1.98. The van der Waals surface area contributed by atoms with Gasteiger partial charge in [0.2, 0.25) is 0 Å². The van der Waals surface area contributed by atoms with Crippen LogP contribution in [0.3, 0.4) is 0 Å². The summed E-state index contributed by atoms with van der Waals surface area (Å²) in [7, 11) is 0. The van der Waals surface area contributed by atoms with Crippen molar-refractivity contribution in [2.24, 2.45) is 0 Å². The SMILES string of the molecule is CC(=O)Oc1ccc(Sc2ccc(C(=O)O)cc2)cc1Cl. The van der Waals surface area contributed by atoms with Crippen molar-refractivity contribution in [2.75, 3.05) is 0 Å². The van der Waals surface area contributed by atoms with Crippen LogP contribution in [0, 0.1) is 0 Å². The second-order valence-corrected chi connectivity index (χ2v) is 5.67. The van der Waals surface area contributed by atoms with Crippen molar-refractivity contribution < 1.29 is 19.4 Å². The van der Waals surface area contributed by atoms with Gasteiger partial charge in [0, 0.05) is 16.7 Å². The van der Waals surface area contributed by atoms with Gasteiger partial charge in [0.15, 0.2) is 0 Å². The second kappa shape index (κ2) is 6.65. The van der Waals surface area contributed by atoms with Gasteiger partial charge in [-0.3, -0.25) is 4.79 Å². The average Bonchev–Trinajstić information content (AvgIpc) is 2.42. The van der Waals surface area contributed by atoms with Gasteiger partial charge in [0.05, 0.1) is 10.6 Å². The van der Waals surface area contributed by atoms with Crippen LogP contribution in [-0.4, -0.2) is 17.0 Å². The summed E-state index contributed by atoms with van der Waals surface area (Å²) in [6.07, 6.45) is 0. The molecule has 4 nitrogen and oxygen atoms in total. The zero-order valence-electron chi connectivity index (χ0n) is 11.0. The van der Waals surface area contributed by atoms with E-state index in [4.69, 9.17) is 21.4 Å². The van der Waals surface area contributed by atoms with Crippen LogP contribution in [0.2, 0.25) is 5.02 Å². The molecule has 6 heteroatoms. The van der Waals surface area contributed by atoms with E-state index in [1.807, 2.05) is 0 Å². The Bertz CT molecular complexity index is 683. The van der Waals surface area contributed by atoms with Crippen LogP contribution < -0.4 is 4.74 Å². The summed E-state index contributed by atoms with van der Waals surface area (Å²) in [6, 6.07) is 11.6. The molecule has 108 valence electrons. The van der Waals surface area contributed by atoms with E-state index >= 15 is 0 Å². The van der Waals surface area contributed by atoms with Gasteiger partial charge in [-0.2, -0.15) is 0 Å². The average molecular weight is 323 g/mol. The fraction of sp³-hybridized carbons (Fsp3) is 0.0667. The fourth-order valence-electron chi connectivity index (χ4n) is 1.58. The Morgan fingerprint density at radius 1 is 1.10 bits per heavy atom. The summed E-state index contributed by atoms with van der Waals surface area (Å²) < 4.78 is 4.95. The number of carbonyl (C=O) groups excluding carboxylic acids is 1. The largest absolute Gasteiger partial charge is 0.478 e. The highest BCUT2D eigenvalue weighted by Crippen LogP contribution is 2.33. The van der Waals surface area contributed by atoms with Crippen LogP contribution in [0.4, 0.5) is 0 Å². The number of halogens is 1. The lowest BCUT2D eigenvalue weighted by molar-refractivity contribution is -0.131. The van der Waals surface area contributed by atoms with E-state index in [1.165, 1.54) is 18.7 Å². The van der Waals surface area contributed by atoms with Crippen molar-refractivity contribution >= 4 is 35.3 Å². The molecule has 0 saturated carbocycles. The molecule has 0 aliphatic carbocycles. The molecule has 0 saturated heterocycles. The van der Waals surface area contributed by atoms with Crippen molar-refractivity contribution in [2.45, 2.75) is 16.7 Å². The van der Waals surface area contributed by atoms with Crippen LogP contribution >= 0.6 is 23.4 Å². The Morgan fingerprint density at radius 3 is 2.24 bits per heavy atom. The number of hydrogen-bond acceptors (Lipinski definition) is 4. The Balaban J connectivity index is 2.14. The highest BCUT2D eigenvalue weighted by atomic mass is 35.5. The molecule has 0 atom stereocenters. The number of benzene rings is 2. The van der Waals surface area contributed by atoms with E-state index in [2.05, 4.69) is 0 Å². The number of hydrogen-bond donors (Lipinski definition) is 1. The molecule has 0 unspecified atom stereocenters. The van der Waals surface area contributed by atoms with Crippen molar-refractivity contribution in [1.29, 1.82) is 0 Å². The van der Waals surface area contributed by atoms with Gasteiger partial charge in [0.25, 0.3) is 0 Å². The minimum absolute atomic E-state index is 0.239. The van der Waals surface area contributed by atoms with Crippen LogP contribution in [-0.2, 0) is 4.79 Å². The number of carboxylic acids is 1. The molecule has 0 radical (unpaired) electrons. The molecule has 0 spiro atoms. The lowest BCUT2D eigenvalue weighted by Crippen LogP contribution is -2.01. The Kier molecular flexibility index (Phi) is 4.88. The number of ether oxygens (including phenoxy) is 1. The van der Waals surface area contributed by atoms with Crippen molar-refractivity contribution in [1.82, 2.24) is 0 Å². The molecule has 0 bridgehead atoms. The minimum atomic E-state index is -0.958. The van der Waals surface area contributed by atoms with Gasteiger partial charge in [-0.1, -0.05) is 23.4 Å². The number of carbonyl (C=O) groups is 2. The maximum Gasteiger partial charge on any atom is 0.335 e. The third-order valence-corrected chi connectivity index (χ3v) is 3.79. The minimum Gasteiger partial charge on any atom is -0.478 e. The summed E-state index contributed by atoms with van der Waals surface area (Å²) in [5, 5.41) is 9.18. The van der Waals surface area contributed by atoms with E-state index in [9.17, 15) is 9.59 Å². The summed E-state index contributed by atoms with van der Waals surface area (Å²) in [6.45, 7) is 1.31. The number of rotatable bonds is 4. The molecule has 0 aliphatic rings. The molecule has 2 aromatic rings.